The molecule has 0 spiro atoms. The number of hydrogen-bond donors (Lipinski definition) is 1. The number of pyridine rings is 2. The normalized spacial score (nSPS) is 15.7. The number of para-hydroxylation sites is 1. The van der Waals surface area contributed by atoms with Crippen LogP contribution in [0.15, 0.2) is 77.9 Å². The molecule has 8 nitrogen and oxygen atoms in total. The molecule has 1 aliphatic rings. The van der Waals surface area contributed by atoms with Crippen molar-refractivity contribution in [2.45, 2.75) is 65.3 Å². The summed E-state index contributed by atoms with van der Waals surface area (Å²) in [6, 6.07) is 20.1. The fourth-order valence-electron chi connectivity index (χ4n) is 5.78. The van der Waals surface area contributed by atoms with Crippen LogP contribution in [0.25, 0.3) is 10.9 Å². The molecule has 1 atom stereocenters. The minimum Gasteiger partial charge on any atom is -0.444 e. The third kappa shape index (κ3) is 7.18. The summed E-state index contributed by atoms with van der Waals surface area (Å²) in [5.41, 5.74) is 5.17. The third-order valence-corrected chi connectivity index (χ3v) is 7.66. The van der Waals surface area contributed by atoms with E-state index in [1.165, 1.54) is 5.56 Å². The van der Waals surface area contributed by atoms with Gasteiger partial charge in [0.15, 0.2) is 5.43 Å². The van der Waals surface area contributed by atoms with E-state index in [9.17, 15) is 9.59 Å². The molecule has 4 aromatic rings. The molecule has 8 heteroatoms. The number of nitrogens with one attached hydrogen (secondary N) is 1. The van der Waals surface area contributed by atoms with Gasteiger partial charge >= 0.3 is 6.09 Å². The van der Waals surface area contributed by atoms with Crippen LogP contribution in [-0.2, 0) is 24.9 Å². The standard InChI is InChI=1S/C34H41N5O3/c1-24-18-25(15-16-35-24)20-39(22-26-21-37(5)31-14-7-6-13-30(31)32(26)40)29-12-9-17-38(23-29)28-11-8-10-27(19-28)36-33(41)42-34(2,3)4/h6-8,10-11,13-16,18-19,21,29H,9,12,17,20,22-23H2,1-5H3,(H,36,41)/t29-/m0/s1. The first-order chi connectivity index (χ1) is 20.1. The summed E-state index contributed by atoms with van der Waals surface area (Å²) in [5, 5.41) is 3.61. The van der Waals surface area contributed by atoms with Gasteiger partial charge in [0.1, 0.15) is 5.60 Å². The Morgan fingerprint density at radius 3 is 2.69 bits per heavy atom. The fourth-order valence-corrected chi connectivity index (χ4v) is 5.78. The summed E-state index contributed by atoms with van der Waals surface area (Å²) < 4.78 is 7.49. The van der Waals surface area contributed by atoms with Crippen molar-refractivity contribution in [2.75, 3.05) is 23.3 Å². The van der Waals surface area contributed by atoms with Crippen LogP contribution >= 0.6 is 0 Å². The SMILES string of the molecule is Cc1cc(CN(Cc2cn(C)c3ccccc3c2=O)[C@H]2CCCN(c3cccc(NC(=O)OC(C)(C)C)c3)C2)ccn1. The first-order valence-electron chi connectivity index (χ1n) is 14.6. The van der Waals surface area contributed by atoms with Gasteiger partial charge in [0.2, 0.25) is 0 Å². The van der Waals surface area contributed by atoms with Crippen LogP contribution in [-0.4, -0.2) is 45.3 Å². The molecule has 0 aliphatic carbocycles. The van der Waals surface area contributed by atoms with Crippen molar-refractivity contribution in [1.82, 2.24) is 14.5 Å². The van der Waals surface area contributed by atoms with Crippen molar-refractivity contribution in [3.05, 3.63) is 100 Å². The first kappa shape index (κ1) is 29.3. The van der Waals surface area contributed by atoms with Gasteiger partial charge in [0, 0.05) is 79.7 Å². The Balaban J connectivity index is 1.40. The second-order valence-electron chi connectivity index (χ2n) is 12.2. The van der Waals surface area contributed by atoms with Crippen molar-refractivity contribution in [1.29, 1.82) is 0 Å². The molecule has 3 heterocycles. The zero-order valence-electron chi connectivity index (χ0n) is 25.3. The molecule has 1 amide bonds. The van der Waals surface area contributed by atoms with E-state index >= 15 is 0 Å². The van der Waals surface area contributed by atoms with Crippen LogP contribution in [0.4, 0.5) is 16.2 Å². The molecular weight excluding hydrogens is 526 g/mol. The second kappa shape index (κ2) is 12.4. The molecule has 1 aliphatic heterocycles. The van der Waals surface area contributed by atoms with Gasteiger partial charge in [0.25, 0.3) is 0 Å². The number of piperidine rings is 1. The van der Waals surface area contributed by atoms with Crippen molar-refractivity contribution in [2.24, 2.45) is 7.05 Å². The number of carbonyl (C=O) groups is 1. The summed E-state index contributed by atoms with van der Waals surface area (Å²) >= 11 is 0. The summed E-state index contributed by atoms with van der Waals surface area (Å²) in [4.78, 5) is 35.2. The Hall–Kier alpha value is -4.17. The van der Waals surface area contributed by atoms with Crippen LogP contribution in [0, 0.1) is 6.92 Å². The van der Waals surface area contributed by atoms with E-state index in [0.717, 1.165) is 60.3 Å². The molecule has 0 saturated carbocycles. The molecule has 2 aromatic carbocycles. The van der Waals surface area contributed by atoms with Crippen LogP contribution < -0.4 is 15.6 Å². The van der Waals surface area contributed by atoms with Crippen molar-refractivity contribution < 1.29 is 9.53 Å². The van der Waals surface area contributed by atoms with Crippen molar-refractivity contribution in [3.63, 3.8) is 0 Å². The van der Waals surface area contributed by atoms with Crippen LogP contribution in [0.1, 0.15) is 50.4 Å². The highest BCUT2D eigenvalue weighted by Gasteiger charge is 2.27. The number of nitrogens with zero attached hydrogens (tertiary/aromatic N) is 4. The van der Waals surface area contributed by atoms with E-state index in [2.05, 4.69) is 42.9 Å². The number of hydrogen-bond acceptors (Lipinski definition) is 6. The molecule has 220 valence electrons. The topological polar surface area (TPSA) is 79.7 Å². The minimum atomic E-state index is -0.565. The molecule has 1 N–H and O–H groups in total. The first-order valence-corrected chi connectivity index (χ1v) is 14.6. The van der Waals surface area contributed by atoms with Crippen LogP contribution in [0.5, 0.6) is 0 Å². The highest BCUT2D eigenvalue weighted by atomic mass is 16.6. The number of amides is 1. The Bertz CT molecular complexity index is 1620. The summed E-state index contributed by atoms with van der Waals surface area (Å²) in [7, 11) is 2.00. The van der Waals surface area contributed by atoms with Crippen LogP contribution in [0.2, 0.25) is 0 Å². The van der Waals surface area contributed by atoms with E-state index in [0.29, 0.717) is 12.2 Å². The second-order valence-corrected chi connectivity index (χ2v) is 12.2. The molecule has 42 heavy (non-hydrogen) atoms. The van der Waals surface area contributed by atoms with Gasteiger partial charge in [-0.25, -0.2) is 4.79 Å². The quantitative estimate of drug-likeness (QED) is 0.284. The Labute approximate surface area is 247 Å². The van der Waals surface area contributed by atoms with Gasteiger partial charge in [-0.2, -0.15) is 0 Å². The summed E-state index contributed by atoms with van der Waals surface area (Å²) in [6.45, 7) is 10.6. The lowest BCUT2D eigenvalue weighted by Crippen LogP contribution is -2.48. The Kier molecular flexibility index (Phi) is 8.64. The van der Waals surface area contributed by atoms with E-state index in [1.807, 2.05) is 89.6 Å². The number of carbonyl (C=O) groups excluding carboxylic acids is 1. The number of rotatable bonds is 7. The van der Waals surface area contributed by atoms with E-state index in [1.54, 1.807) is 0 Å². The fraction of sp³-hybridized carbons (Fsp3) is 0.382. The highest BCUT2D eigenvalue weighted by Crippen LogP contribution is 2.27. The number of anilines is 2. The highest BCUT2D eigenvalue weighted by molar-refractivity contribution is 5.85. The van der Waals surface area contributed by atoms with Crippen LogP contribution in [0.3, 0.4) is 0 Å². The number of fused-ring (bicyclic) bond motifs is 1. The van der Waals surface area contributed by atoms with Gasteiger partial charge in [-0.3, -0.25) is 20.0 Å². The number of ether oxygens (including phenoxy) is 1. The lowest BCUT2D eigenvalue weighted by Gasteiger charge is -2.40. The summed E-state index contributed by atoms with van der Waals surface area (Å²) in [6.07, 6.45) is 5.43. The van der Waals surface area contributed by atoms with E-state index in [-0.39, 0.29) is 11.5 Å². The Morgan fingerprint density at radius 2 is 1.90 bits per heavy atom. The average molecular weight is 568 g/mol. The molecule has 0 unspecified atom stereocenters. The van der Waals surface area contributed by atoms with Gasteiger partial charge in [-0.1, -0.05) is 18.2 Å². The monoisotopic (exact) mass is 567 g/mol. The van der Waals surface area contributed by atoms with Gasteiger partial charge in [-0.15, -0.1) is 0 Å². The van der Waals surface area contributed by atoms with Gasteiger partial charge in [-0.05, 0) is 88.6 Å². The molecule has 1 fully saturated rings. The molecule has 2 aromatic heterocycles. The molecule has 0 radical (unpaired) electrons. The number of aromatic nitrogens is 2. The smallest absolute Gasteiger partial charge is 0.412 e. The maximum Gasteiger partial charge on any atom is 0.412 e. The van der Waals surface area contributed by atoms with Crippen molar-refractivity contribution in [3.8, 4) is 0 Å². The van der Waals surface area contributed by atoms with Crippen molar-refractivity contribution >= 4 is 28.4 Å². The van der Waals surface area contributed by atoms with Gasteiger partial charge in [0.05, 0.1) is 5.52 Å². The zero-order valence-corrected chi connectivity index (χ0v) is 25.3. The predicted octanol–water partition coefficient (Wildman–Crippen LogP) is 6.26. The lowest BCUT2D eigenvalue weighted by atomic mass is 10.0. The number of benzene rings is 2. The molecule has 0 bridgehead atoms. The molecule has 5 rings (SSSR count). The average Bonchev–Trinajstić information content (AvgIpc) is 2.94. The largest absolute Gasteiger partial charge is 0.444 e. The third-order valence-electron chi connectivity index (χ3n) is 7.66. The summed E-state index contributed by atoms with van der Waals surface area (Å²) in [5.74, 6) is 0. The Morgan fingerprint density at radius 1 is 1.10 bits per heavy atom. The van der Waals surface area contributed by atoms with E-state index < -0.39 is 11.7 Å². The van der Waals surface area contributed by atoms with E-state index in [4.69, 9.17) is 4.74 Å². The zero-order chi connectivity index (χ0) is 29.9. The maximum atomic E-state index is 13.6. The molecule has 1 saturated heterocycles. The minimum absolute atomic E-state index is 0.0909. The van der Waals surface area contributed by atoms with Gasteiger partial charge < -0.3 is 14.2 Å². The molecular formula is C34H41N5O3. The predicted molar refractivity (Wildman–Crippen MR) is 169 cm³/mol. The maximum absolute atomic E-state index is 13.6. The number of aryl methyl sites for hydroxylation is 2. The lowest BCUT2D eigenvalue weighted by molar-refractivity contribution is 0.0636.